The largest absolute Gasteiger partial charge is 0.459 e. The van der Waals surface area contributed by atoms with E-state index in [0.717, 1.165) is 43.0 Å². The zero-order valence-electron chi connectivity index (χ0n) is 16.8. The van der Waals surface area contributed by atoms with E-state index in [2.05, 4.69) is 22.4 Å². The SMILES string of the molecule is CCCC(=O)N[C@H]1C=C2CCN3Cc4cc5c(cc4[C@@H](C23)[C@@H]1OC(C)=O)OCO5. The fourth-order valence-corrected chi connectivity index (χ4v) is 5.30. The highest BCUT2D eigenvalue weighted by molar-refractivity contribution is 5.77. The predicted molar refractivity (Wildman–Crippen MR) is 105 cm³/mol. The van der Waals surface area contributed by atoms with E-state index >= 15 is 0 Å². The van der Waals surface area contributed by atoms with Crippen molar-refractivity contribution in [3.8, 4) is 11.5 Å². The van der Waals surface area contributed by atoms with Crippen molar-refractivity contribution in [3.63, 3.8) is 0 Å². The van der Waals surface area contributed by atoms with Crippen molar-refractivity contribution in [1.29, 1.82) is 0 Å². The molecule has 0 bridgehead atoms. The molecular weight excluding hydrogens is 372 g/mol. The van der Waals surface area contributed by atoms with Crippen LogP contribution in [0.1, 0.15) is 50.2 Å². The van der Waals surface area contributed by atoms with Gasteiger partial charge in [-0.05, 0) is 36.1 Å². The molecule has 1 saturated heterocycles. The summed E-state index contributed by atoms with van der Waals surface area (Å²) in [5, 5.41) is 3.11. The summed E-state index contributed by atoms with van der Waals surface area (Å²) in [4.78, 5) is 26.8. The summed E-state index contributed by atoms with van der Waals surface area (Å²) in [5.74, 6) is 1.11. The minimum absolute atomic E-state index is 0.0125. The van der Waals surface area contributed by atoms with Gasteiger partial charge in [0.1, 0.15) is 6.10 Å². The third-order valence-electron chi connectivity index (χ3n) is 6.38. The molecule has 4 atom stereocenters. The molecule has 1 N–H and O–H groups in total. The predicted octanol–water partition coefficient (Wildman–Crippen LogP) is 2.24. The number of fused-ring (bicyclic) bond motifs is 3. The summed E-state index contributed by atoms with van der Waals surface area (Å²) in [5.41, 5.74) is 3.63. The zero-order valence-corrected chi connectivity index (χ0v) is 16.8. The van der Waals surface area contributed by atoms with Crippen molar-refractivity contribution in [2.45, 2.75) is 63.8 Å². The summed E-state index contributed by atoms with van der Waals surface area (Å²) >= 11 is 0. The van der Waals surface area contributed by atoms with Crippen molar-refractivity contribution < 1.29 is 23.8 Å². The maximum Gasteiger partial charge on any atom is 0.303 e. The van der Waals surface area contributed by atoms with Gasteiger partial charge in [-0.15, -0.1) is 0 Å². The van der Waals surface area contributed by atoms with Crippen LogP contribution in [0.3, 0.4) is 0 Å². The first-order valence-corrected chi connectivity index (χ1v) is 10.4. The Hall–Kier alpha value is -2.54. The number of nitrogens with zero attached hydrogens (tertiary/aromatic N) is 1. The molecule has 0 radical (unpaired) electrons. The second-order valence-electron chi connectivity index (χ2n) is 8.25. The van der Waals surface area contributed by atoms with Crippen molar-refractivity contribution in [2.24, 2.45) is 0 Å². The van der Waals surface area contributed by atoms with Crippen LogP contribution >= 0.6 is 0 Å². The smallest absolute Gasteiger partial charge is 0.303 e. The van der Waals surface area contributed by atoms with E-state index in [0.29, 0.717) is 6.42 Å². The summed E-state index contributed by atoms with van der Waals surface area (Å²) in [6.45, 7) is 5.44. The molecule has 29 heavy (non-hydrogen) atoms. The molecule has 0 spiro atoms. The average Bonchev–Trinajstić information content (AvgIpc) is 3.29. The van der Waals surface area contributed by atoms with Crippen LogP contribution in [0, 0.1) is 0 Å². The van der Waals surface area contributed by atoms with Gasteiger partial charge in [-0.25, -0.2) is 0 Å². The Kier molecular flexibility index (Phi) is 4.50. The van der Waals surface area contributed by atoms with Crippen molar-refractivity contribution in [2.75, 3.05) is 13.3 Å². The Labute approximate surface area is 170 Å². The molecule has 1 unspecified atom stereocenters. The Morgan fingerprint density at radius 2 is 2.07 bits per heavy atom. The number of hydrogen-bond donors (Lipinski definition) is 1. The van der Waals surface area contributed by atoms with E-state index in [9.17, 15) is 9.59 Å². The Bertz CT molecular complexity index is 895. The van der Waals surface area contributed by atoms with Crippen LogP contribution < -0.4 is 14.8 Å². The molecule has 1 fully saturated rings. The van der Waals surface area contributed by atoms with Gasteiger partial charge < -0.3 is 19.5 Å². The number of amides is 1. The minimum Gasteiger partial charge on any atom is -0.459 e. The van der Waals surface area contributed by atoms with E-state index in [1.165, 1.54) is 18.1 Å². The molecule has 7 heteroatoms. The van der Waals surface area contributed by atoms with Crippen LogP contribution in [0.2, 0.25) is 0 Å². The van der Waals surface area contributed by atoms with Crippen LogP contribution in [0.4, 0.5) is 0 Å². The molecule has 3 aliphatic heterocycles. The fourth-order valence-electron chi connectivity index (χ4n) is 5.30. The molecule has 7 nitrogen and oxygen atoms in total. The van der Waals surface area contributed by atoms with Crippen LogP contribution in [0.15, 0.2) is 23.8 Å². The average molecular weight is 398 g/mol. The number of rotatable bonds is 4. The molecule has 154 valence electrons. The second-order valence-corrected chi connectivity index (χ2v) is 8.25. The number of nitrogens with one attached hydrogen (secondary N) is 1. The molecule has 3 heterocycles. The van der Waals surface area contributed by atoms with Gasteiger partial charge in [0, 0.05) is 38.4 Å². The van der Waals surface area contributed by atoms with E-state index in [-0.39, 0.29) is 36.7 Å². The zero-order chi connectivity index (χ0) is 20.1. The van der Waals surface area contributed by atoms with E-state index in [1.807, 2.05) is 13.0 Å². The Balaban J connectivity index is 1.59. The van der Waals surface area contributed by atoms with Gasteiger partial charge in [0.05, 0.1) is 6.04 Å². The van der Waals surface area contributed by atoms with Crippen LogP contribution in [0.25, 0.3) is 0 Å². The van der Waals surface area contributed by atoms with Crippen molar-refractivity contribution in [1.82, 2.24) is 10.2 Å². The number of ether oxygens (including phenoxy) is 3. The third-order valence-corrected chi connectivity index (χ3v) is 6.38. The lowest BCUT2D eigenvalue weighted by molar-refractivity contribution is -0.150. The molecular formula is C22H26N2O5. The Morgan fingerprint density at radius 1 is 1.28 bits per heavy atom. The fraction of sp³-hybridized carbons (Fsp3) is 0.545. The maximum atomic E-state index is 12.4. The maximum absolute atomic E-state index is 12.4. The molecule has 5 rings (SSSR count). The number of carbonyl (C=O) groups excluding carboxylic acids is 2. The standard InChI is InChI=1S/C22H26N2O5/c1-3-4-19(26)23-16-7-13-5-6-24-10-14-8-17-18(28-11-27-17)9-15(14)20(21(13)24)22(16)29-12(2)25/h7-9,16,20-22H,3-6,10-11H2,1-2H3,(H,23,26)/t16-,20-,21?,22+/m0/s1. The summed E-state index contributed by atoms with van der Waals surface area (Å²) in [6, 6.07) is 3.96. The van der Waals surface area contributed by atoms with E-state index in [4.69, 9.17) is 14.2 Å². The van der Waals surface area contributed by atoms with Crippen molar-refractivity contribution >= 4 is 11.9 Å². The minimum atomic E-state index is -0.456. The van der Waals surface area contributed by atoms with Gasteiger partial charge in [-0.1, -0.05) is 18.6 Å². The lowest BCUT2D eigenvalue weighted by Crippen LogP contribution is -2.56. The molecule has 0 saturated carbocycles. The highest BCUT2D eigenvalue weighted by Gasteiger charge is 2.51. The van der Waals surface area contributed by atoms with Crippen LogP contribution in [-0.2, 0) is 20.9 Å². The molecule has 4 aliphatic rings. The first-order chi connectivity index (χ1) is 14.0. The normalized spacial score (nSPS) is 29.0. The highest BCUT2D eigenvalue weighted by atomic mass is 16.7. The first kappa shape index (κ1) is 18.5. The number of benzene rings is 1. The molecule has 0 aromatic heterocycles. The molecule has 1 aromatic rings. The quantitative estimate of drug-likeness (QED) is 0.619. The van der Waals surface area contributed by atoms with Crippen LogP contribution in [0.5, 0.6) is 11.5 Å². The summed E-state index contributed by atoms with van der Waals surface area (Å²) in [7, 11) is 0. The molecule has 1 amide bonds. The lowest BCUT2D eigenvalue weighted by Gasteiger charge is -2.46. The third kappa shape index (κ3) is 3.08. The molecule has 1 aliphatic carbocycles. The van der Waals surface area contributed by atoms with Gasteiger partial charge in [-0.2, -0.15) is 0 Å². The second kappa shape index (κ2) is 7.06. The van der Waals surface area contributed by atoms with Gasteiger partial charge in [-0.3, -0.25) is 14.5 Å². The number of hydrogen-bond acceptors (Lipinski definition) is 6. The number of esters is 1. The van der Waals surface area contributed by atoms with Gasteiger partial charge >= 0.3 is 5.97 Å². The van der Waals surface area contributed by atoms with Gasteiger partial charge in [0.25, 0.3) is 0 Å². The highest BCUT2D eigenvalue weighted by Crippen LogP contribution is 2.50. The summed E-state index contributed by atoms with van der Waals surface area (Å²) < 4.78 is 17.1. The monoisotopic (exact) mass is 398 g/mol. The summed E-state index contributed by atoms with van der Waals surface area (Å²) in [6.07, 6.45) is 3.87. The number of carbonyl (C=O) groups is 2. The van der Waals surface area contributed by atoms with Gasteiger partial charge in [0.2, 0.25) is 12.7 Å². The first-order valence-electron chi connectivity index (χ1n) is 10.4. The van der Waals surface area contributed by atoms with E-state index < -0.39 is 6.10 Å². The van der Waals surface area contributed by atoms with Crippen molar-refractivity contribution in [3.05, 3.63) is 34.9 Å². The topological polar surface area (TPSA) is 77.1 Å². The Morgan fingerprint density at radius 3 is 2.83 bits per heavy atom. The van der Waals surface area contributed by atoms with E-state index in [1.54, 1.807) is 0 Å². The lowest BCUT2D eigenvalue weighted by atomic mass is 9.72. The van der Waals surface area contributed by atoms with Crippen LogP contribution in [-0.4, -0.2) is 48.3 Å². The van der Waals surface area contributed by atoms with Gasteiger partial charge in [0.15, 0.2) is 11.5 Å². The molecule has 1 aromatic carbocycles.